The van der Waals surface area contributed by atoms with Crippen LogP contribution in [0.15, 0.2) is 12.4 Å². The Hall–Kier alpha value is -0.580. The molecule has 1 N–H and O–H groups in total. The summed E-state index contributed by atoms with van der Waals surface area (Å²) in [5, 5.41) is 3.47. The van der Waals surface area contributed by atoms with Crippen molar-refractivity contribution in [2.24, 2.45) is 5.41 Å². The zero-order valence-corrected chi connectivity index (χ0v) is 11.2. The molecule has 4 nitrogen and oxygen atoms in total. The van der Waals surface area contributed by atoms with Gasteiger partial charge in [0.2, 0.25) is 0 Å². The topological polar surface area (TPSA) is 33.1 Å². The smallest absolute Gasteiger partial charge is 0.122 e. The van der Waals surface area contributed by atoms with Crippen molar-refractivity contribution in [3.63, 3.8) is 0 Å². The average Bonchev–Trinajstić information content (AvgIpc) is 2.86. The number of nitrogens with zero attached hydrogens (tertiary/aromatic N) is 3. The molecule has 0 amide bonds. The maximum atomic E-state index is 4.41. The Kier molecular flexibility index (Phi) is 3.76. The molecule has 96 valence electrons. The molecule has 1 aromatic rings. The molecule has 2 aliphatic rings. The van der Waals surface area contributed by atoms with Gasteiger partial charge in [0.15, 0.2) is 0 Å². The predicted octanol–water partition coefficient (Wildman–Crippen LogP) is 1.12. The van der Waals surface area contributed by atoms with Crippen LogP contribution in [0.2, 0.25) is 0 Å². The lowest BCUT2D eigenvalue weighted by Crippen LogP contribution is -2.41. The van der Waals surface area contributed by atoms with Crippen LogP contribution in [0, 0.1) is 5.41 Å². The number of hydrogen-bond acceptors (Lipinski definition) is 3. The fourth-order valence-corrected chi connectivity index (χ4v) is 2.90. The van der Waals surface area contributed by atoms with Gasteiger partial charge in [-0.1, -0.05) is 6.92 Å². The normalized spacial score (nSPS) is 28.8. The lowest BCUT2D eigenvalue weighted by molar-refractivity contribution is 0.144. The Morgan fingerprint density at radius 3 is 3.12 bits per heavy atom. The first-order valence-corrected chi connectivity index (χ1v) is 6.18. The van der Waals surface area contributed by atoms with E-state index in [1.54, 1.807) is 0 Å². The fourth-order valence-electron chi connectivity index (χ4n) is 2.90. The second-order valence-corrected chi connectivity index (χ2v) is 5.48. The summed E-state index contributed by atoms with van der Waals surface area (Å²) in [7, 11) is 0. The molecule has 0 saturated carbocycles. The molecule has 1 aromatic heterocycles. The largest absolute Gasteiger partial charge is 0.333 e. The average molecular weight is 257 g/mol. The van der Waals surface area contributed by atoms with Crippen LogP contribution < -0.4 is 5.32 Å². The Morgan fingerprint density at radius 2 is 2.35 bits per heavy atom. The molecular formula is C12H21ClN4. The van der Waals surface area contributed by atoms with E-state index in [2.05, 4.69) is 32.9 Å². The third-order valence-electron chi connectivity index (χ3n) is 3.89. The summed E-state index contributed by atoms with van der Waals surface area (Å²) >= 11 is 0. The van der Waals surface area contributed by atoms with E-state index in [1.807, 2.05) is 6.20 Å². The van der Waals surface area contributed by atoms with Crippen LogP contribution in [0.25, 0.3) is 0 Å². The van der Waals surface area contributed by atoms with E-state index in [0.29, 0.717) is 5.41 Å². The van der Waals surface area contributed by atoms with Gasteiger partial charge in [0.25, 0.3) is 0 Å². The summed E-state index contributed by atoms with van der Waals surface area (Å²) in [5.74, 6) is 1.22. The Morgan fingerprint density at radius 1 is 1.47 bits per heavy atom. The lowest BCUT2D eigenvalue weighted by Gasteiger charge is -2.34. The Balaban J connectivity index is 0.00000108. The first-order chi connectivity index (χ1) is 7.75. The van der Waals surface area contributed by atoms with Gasteiger partial charge in [0.1, 0.15) is 5.82 Å². The first-order valence-electron chi connectivity index (χ1n) is 6.18. The number of rotatable bonds is 2. The van der Waals surface area contributed by atoms with Gasteiger partial charge in [-0.15, -0.1) is 12.4 Å². The van der Waals surface area contributed by atoms with Crippen LogP contribution in [0.1, 0.15) is 19.2 Å². The summed E-state index contributed by atoms with van der Waals surface area (Å²) in [6, 6.07) is 0. The minimum Gasteiger partial charge on any atom is -0.333 e. The van der Waals surface area contributed by atoms with E-state index in [1.165, 1.54) is 31.9 Å². The van der Waals surface area contributed by atoms with E-state index >= 15 is 0 Å². The van der Waals surface area contributed by atoms with E-state index in [4.69, 9.17) is 0 Å². The maximum Gasteiger partial charge on any atom is 0.122 e. The Labute approximate surface area is 109 Å². The molecule has 2 aliphatic heterocycles. The second kappa shape index (κ2) is 4.96. The van der Waals surface area contributed by atoms with E-state index in [-0.39, 0.29) is 12.4 Å². The maximum absolute atomic E-state index is 4.41. The van der Waals surface area contributed by atoms with Crippen molar-refractivity contribution in [3.05, 3.63) is 18.2 Å². The molecular weight excluding hydrogens is 236 g/mol. The van der Waals surface area contributed by atoms with Crippen molar-refractivity contribution in [1.82, 2.24) is 19.8 Å². The van der Waals surface area contributed by atoms with Crippen LogP contribution in [0.3, 0.4) is 0 Å². The molecule has 17 heavy (non-hydrogen) atoms. The monoisotopic (exact) mass is 256 g/mol. The second-order valence-electron chi connectivity index (χ2n) is 5.48. The molecule has 0 bridgehead atoms. The third-order valence-corrected chi connectivity index (χ3v) is 3.89. The number of nitrogens with one attached hydrogen (secondary N) is 1. The van der Waals surface area contributed by atoms with Crippen molar-refractivity contribution in [1.29, 1.82) is 0 Å². The highest BCUT2D eigenvalue weighted by molar-refractivity contribution is 5.85. The number of imidazole rings is 1. The SMILES string of the molecule is CC1(CN2CCn3ccnc3C2)CCNC1.Cl. The van der Waals surface area contributed by atoms with Crippen LogP contribution in [-0.4, -0.2) is 40.6 Å². The first kappa shape index (κ1) is 12.9. The highest BCUT2D eigenvalue weighted by Gasteiger charge is 2.31. The van der Waals surface area contributed by atoms with E-state index < -0.39 is 0 Å². The Bertz CT molecular complexity index is 370. The van der Waals surface area contributed by atoms with Crippen LogP contribution >= 0.6 is 12.4 Å². The van der Waals surface area contributed by atoms with Crippen molar-refractivity contribution in [3.8, 4) is 0 Å². The minimum absolute atomic E-state index is 0. The van der Waals surface area contributed by atoms with E-state index in [0.717, 1.165) is 19.6 Å². The number of hydrogen-bond donors (Lipinski definition) is 1. The van der Waals surface area contributed by atoms with Gasteiger partial charge in [-0.2, -0.15) is 0 Å². The zero-order chi connectivity index (χ0) is 11.0. The number of fused-ring (bicyclic) bond motifs is 1. The van der Waals surface area contributed by atoms with Crippen molar-refractivity contribution in [2.75, 3.05) is 26.2 Å². The third kappa shape index (κ3) is 2.64. The van der Waals surface area contributed by atoms with Crippen LogP contribution in [0.5, 0.6) is 0 Å². The standard InChI is InChI=1S/C12H20N4.ClH/c1-12(2-3-13-9-12)10-15-6-7-16-5-4-14-11(16)8-15;/h4-5,13H,2-3,6-10H2,1H3;1H. The highest BCUT2D eigenvalue weighted by atomic mass is 35.5. The molecule has 3 heterocycles. The molecule has 0 spiro atoms. The van der Waals surface area contributed by atoms with Gasteiger partial charge in [-0.3, -0.25) is 4.90 Å². The summed E-state index contributed by atoms with van der Waals surface area (Å²) in [4.78, 5) is 6.96. The molecule has 0 aromatic carbocycles. The van der Waals surface area contributed by atoms with Gasteiger partial charge in [0, 0.05) is 38.6 Å². The van der Waals surface area contributed by atoms with Gasteiger partial charge in [-0.05, 0) is 18.4 Å². The molecule has 0 radical (unpaired) electrons. The molecule has 0 aliphatic carbocycles. The summed E-state index contributed by atoms with van der Waals surface area (Å²) < 4.78 is 2.27. The molecule has 1 saturated heterocycles. The zero-order valence-electron chi connectivity index (χ0n) is 10.4. The fraction of sp³-hybridized carbons (Fsp3) is 0.750. The summed E-state index contributed by atoms with van der Waals surface area (Å²) in [6.07, 6.45) is 5.31. The minimum atomic E-state index is 0. The van der Waals surface area contributed by atoms with Crippen molar-refractivity contribution in [2.45, 2.75) is 26.4 Å². The van der Waals surface area contributed by atoms with Gasteiger partial charge in [-0.25, -0.2) is 4.98 Å². The number of aromatic nitrogens is 2. The molecule has 3 rings (SSSR count). The van der Waals surface area contributed by atoms with Crippen LogP contribution in [0.4, 0.5) is 0 Å². The molecule has 1 unspecified atom stereocenters. The van der Waals surface area contributed by atoms with Crippen molar-refractivity contribution >= 4 is 12.4 Å². The van der Waals surface area contributed by atoms with Gasteiger partial charge < -0.3 is 9.88 Å². The van der Waals surface area contributed by atoms with Gasteiger partial charge >= 0.3 is 0 Å². The van der Waals surface area contributed by atoms with Gasteiger partial charge in [0.05, 0.1) is 6.54 Å². The molecule has 1 fully saturated rings. The quantitative estimate of drug-likeness (QED) is 0.861. The summed E-state index contributed by atoms with van der Waals surface area (Å²) in [6.45, 7) is 9.22. The molecule has 1 atom stereocenters. The van der Waals surface area contributed by atoms with E-state index in [9.17, 15) is 0 Å². The molecule has 5 heteroatoms. The summed E-state index contributed by atoms with van der Waals surface area (Å²) in [5.41, 5.74) is 0.467. The lowest BCUT2D eigenvalue weighted by atomic mass is 9.89. The highest BCUT2D eigenvalue weighted by Crippen LogP contribution is 2.27. The number of halogens is 1. The predicted molar refractivity (Wildman–Crippen MR) is 70.3 cm³/mol. The van der Waals surface area contributed by atoms with Crippen molar-refractivity contribution < 1.29 is 0 Å². The van der Waals surface area contributed by atoms with Crippen LogP contribution in [-0.2, 0) is 13.1 Å².